The number of aliphatic carboxylic acids is 1. The van der Waals surface area contributed by atoms with Gasteiger partial charge in [0.05, 0.1) is 12.0 Å². The lowest BCUT2D eigenvalue weighted by Gasteiger charge is -2.23. The number of hydrogen-bond acceptors (Lipinski definition) is 5. The number of aromatic nitrogens is 5. The molecular formula is C14H17N5O2. The molecule has 0 atom stereocenters. The van der Waals surface area contributed by atoms with Gasteiger partial charge in [0.25, 0.3) is 0 Å². The standard InChI is InChI=1S/C14H17N5O2/c1-10-8-11(4-7-15-10)12-16-17-18-19(12)9-14(13(20)21)5-2-3-6-14/h4,7-8H,2-3,5-6,9H2,1H3,(H,20,21). The Labute approximate surface area is 122 Å². The molecule has 110 valence electrons. The van der Waals surface area contributed by atoms with Crippen LogP contribution >= 0.6 is 0 Å². The third-order valence-corrected chi connectivity index (χ3v) is 4.15. The number of nitrogens with zero attached hydrogens (tertiary/aromatic N) is 5. The first-order valence-electron chi connectivity index (χ1n) is 7.03. The summed E-state index contributed by atoms with van der Waals surface area (Å²) >= 11 is 0. The van der Waals surface area contributed by atoms with E-state index in [-0.39, 0.29) is 0 Å². The van der Waals surface area contributed by atoms with Gasteiger partial charge in [-0.1, -0.05) is 12.8 Å². The van der Waals surface area contributed by atoms with Crippen molar-refractivity contribution in [2.45, 2.75) is 39.2 Å². The summed E-state index contributed by atoms with van der Waals surface area (Å²) in [4.78, 5) is 15.8. The van der Waals surface area contributed by atoms with Crippen molar-refractivity contribution in [3.05, 3.63) is 24.0 Å². The number of carboxylic acid groups (broad SMARTS) is 1. The van der Waals surface area contributed by atoms with Gasteiger partial charge in [-0.3, -0.25) is 9.78 Å². The summed E-state index contributed by atoms with van der Waals surface area (Å²) in [6.07, 6.45) is 4.94. The van der Waals surface area contributed by atoms with Gasteiger partial charge in [-0.05, 0) is 42.3 Å². The van der Waals surface area contributed by atoms with Crippen LogP contribution in [-0.2, 0) is 11.3 Å². The molecule has 3 rings (SSSR count). The molecule has 2 heterocycles. The van der Waals surface area contributed by atoms with Gasteiger partial charge < -0.3 is 5.11 Å². The summed E-state index contributed by atoms with van der Waals surface area (Å²) in [6.45, 7) is 2.21. The monoisotopic (exact) mass is 287 g/mol. The van der Waals surface area contributed by atoms with Gasteiger partial charge in [0.2, 0.25) is 0 Å². The number of rotatable bonds is 4. The second kappa shape index (κ2) is 5.23. The average molecular weight is 287 g/mol. The molecule has 1 aliphatic rings. The average Bonchev–Trinajstić information content (AvgIpc) is 3.09. The molecule has 0 amide bonds. The number of carbonyl (C=O) groups is 1. The molecule has 2 aromatic heterocycles. The van der Waals surface area contributed by atoms with Crippen molar-refractivity contribution < 1.29 is 9.90 Å². The fourth-order valence-electron chi connectivity index (χ4n) is 2.98. The van der Waals surface area contributed by atoms with Crippen LogP contribution in [0, 0.1) is 12.3 Å². The van der Waals surface area contributed by atoms with E-state index < -0.39 is 11.4 Å². The lowest BCUT2D eigenvalue weighted by atomic mass is 9.86. The SMILES string of the molecule is Cc1cc(-c2nnnn2CC2(C(=O)O)CCCC2)ccn1. The van der Waals surface area contributed by atoms with Crippen molar-refractivity contribution in [2.75, 3.05) is 0 Å². The van der Waals surface area contributed by atoms with Crippen molar-refractivity contribution in [1.82, 2.24) is 25.2 Å². The quantitative estimate of drug-likeness (QED) is 0.919. The minimum Gasteiger partial charge on any atom is -0.481 e. The zero-order chi connectivity index (χ0) is 14.9. The predicted octanol–water partition coefficient (Wildman–Crippen LogP) is 1.69. The van der Waals surface area contributed by atoms with Crippen LogP contribution in [0.4, 0.5) is 0 Å². The number of carboxylic acids is 1. The van der Waals surface area contributed by atoms with Crippen LogP contribution in [0.15, 0.2) is 18.3 Å². The third-order valence-electron chi connectivity index (χ3n) is 4.15. The minimum atomic E-state index is -0.757. The lowest BCUT2D eigenvalue weighted by Crippen LogP contribution is -2.33. The van der Waals surface area contributed by atoms with E-state index in [0.717, 1.165) is 24.1 Å². The van der Waals surface area contributed by atoms with E-state index in [0.29, 0.717) is 25.2 Å². The van der Waals surface area contributed by atoms with E-state index in [2.05, 4.69) is 20.5 Å². The number of tetrazole rings is 1. The maximum atomic E-state index is 11.7. The highest BCUT2D eigenvalue weighted by atomic mass is 16.4. The van der Waals surface area contributed by atoms with Gasteiger partial charge in [0.15, 0.2) is 5.82 Å². The van der Waals surface area contributed by atoms with Crippen LogP contribution in [0.2, 0.25) is 0 Å². The van der Waals surface area contributed by atoms with Crippen molar-refractivity contribution in [3.8, 4) is 11.4 Å². The summed E-state index contributed by atoms with van der Waals surface area (Å²) in [5.74, 6) is -0.166. The molecule has 0 unspecified atom stereocenters. The van der Waals surface area contributed by atoms with Gasteiger partial charge in [-0.25, -0.2) is 4.68 Å². The van der Waals surface area contributed by atoms with Crippen LogP contribution in [-0.4, -0.2) is 36.3 Å². The summed E-state index contributed by atoms with van der Waals surface area (Å²) in [6, 6.07) is 3.72. The zero-order valence-electron chi connectivity index (χ0n) is 11.9. The van der Waals surface area contributed by atoms with Crippen molar-refractivity contribution in [3.63, 3.8) is 0 Å². The maximum Gasteiger partial charge on any atom is 0.311 e. The van der Waals surface area contributed by atoms with E-state index >= 15 is 0 Å². The molecule has 0 spiro atoms. The maximum absolute atomic E-state index is 11.7. The second-order valence-corrected chi connectivity index (χ2v) is 5.64. The molecule has 1 N–H and O–H groups in total. The molecule has 0 saturated heterocycles. The highest BCUT2D eigenvalue weighted by molar-refractivity contribution is 5.75. The molecule has 1 fully saturated rings. The van der Waals surface area contributed by atoms with Crippen LogP contribution in [0.5, 0.6) is 0 Å². The molecule has 1 aliphatic carbocycles. The summed E-state index contributed by atoms with van der Waals surface area (Å²) < 4.78 is 1.61. The van der Waals surface area contributed by atoms with Crippen LogP contribution < -0.4 is 0 Å². The molecule has 0 bridgehead atoms. The van der Waals surface area contributed by atoms with Crippen molar-refractivity contribution in [2.24, 2.45) is 5.41 Å². The van der Waals surface area contributed by atoms with E-state index in [9.17, 15) is 9.90 Å². The fourth-order valence-corrected chi connectivity index (χ4v) is 2.98. The van der Waals surface area contributed by atoms with Crippen LogP contribution in [0.1, 0.15) is 31.4 Å². The van der Waals surface area contributed by atoms with Gasteiger partial charge in [-0.2, -0.15) is 0 Å². The van der Waals surface area contributed by atoms with E-state index in [4.69, 9.17) is 0 Å². The first-order valence-corrected chi connectivity index (χ1v) is 7.03. The van der Waals surface area contributed by atoms with E-state index in [1.807, 2.05) is 19.1 Å². The Morgan fingerprint density at radius 1 is 1.43 bits per heavy atom. The largest absolute Gasteiger partial charge is 0.481 e. The molecule has 7 heteroatoms. The molecule has 1 saturated carbocycles. The van der Waals surface area contributed by atoms with Crippen LogP contribution in [0.3, 0.4) is 0 Å². The molecule has 2 aromatic rings. The zero-order valence-corrected chi connectivity index (χ0v) is 11.9. The Morgan fingerprint density at radius 2 is 2.19 bits per heavy atom. The predicted molar refractivity (Wildman–Crippen MR) is 74.3 cm³/mol. The van der Waals surface area contributed by atoms with Gasteiger partial charge in [0.1, 0.15) is 0 Å². The van der Waals surface area contributed by atoms with Gasteiger partial charge >= 0.3 is 5.97 Å². The lowest BCUT2D eigenvalue weighted by molar-refractivity contribution is -0.149. The highest BCUT2D eigenvalue weighted by Gasteiger charge is 2.42. The summed E-state index contributed by atoms with van der Waals surface area (Å²) in [7, 11) is 0. The van der Waals surface area contributed by atoms with E-state index in [1.165, 1.54) is 0 Å². The minimum absolute atomic E-state index is 0.312. The number of hydrogen-bond donors (Lipinski definition) is 1. The smallest absolute Gasteiger partial charge is 0.311 e. The molecule has 0 aromatic carbocycles. The Bertz CT molecular complexity index is 661. The molecule has 21 heavy (non-hydrogen) atoms. The normalized spacial score (nSPS) is 17.0. The van der Waals surface area contributed by atoms with Crippen LogP contribution in [0.25, 0.3) is 11.4 Å². The molecule has 0 radical (unpaired) electrons. The van der Waals surface area contributed by atoms with Gasteiger partial charge in [-0.15, -0.1) is 5.10 Å². The molecular weight excluding hydrogens is 270 g/mol. The Kier molecular flexibility index (Phi) is 3.40. The molecule has 7 nitrogen and oxygen atoms in total. The van der Waals surface area contributed by atoms with Crippen molar-refractivity contribution in [1.29, 1.82) is 0 Å². The summed E-state index contributed by atoms with van der Waals surface area (Å²) in [5, 5.41) is 21.3. The number of aryl methyl sites for hydroxylation is 1. The second-order valence-electron chi connectivity index (χ2n) is 5.64. The van der Waals surface area contributed by atoms with Crippen molar-refractivity contribution >= 4 is 5.97 Å². The van der Waals surface area contributed by atoms with E-state index in [1.54, 1.807) is 10.9 Å². The fraction of sp³-hybridized carbons (Fsp3) is 0.500. The topological polar surface area (TPSA) is 93.8 Å². The molecule has 0 aliphatic heterocycles. The highest BCUT2D eigenvalue weighted by Crippen LogP contribution is 2.40. The Hall–Kier alpha value is -2.31. The third kappa shape index (κ3) is 2.51. The Balaban J connectivity index is 1.94. The first kappa shape index (κ1) is 13.7. The Morgan fingerprint density at radius 3 is 2.86 bits per heavy atom. The number of pyridine rings is 1. The first-order chi connectivity index (χ1) is 10.1. The van der Waals surface area contributed by atoms with Gasteiger partial charge in [0, 0.05) is 17.5 Å². The summed E-state index contributed by atoms with van der Waals surface area (Å²) in [5.41, 5.74) is 0.980.